The predicted octanol–water partition coefficient (Wildman–Crippen LogP) is 5.88. The van der Waals surface area contributed by atoms with E-state index in [-0.39, 0.29) is 24.2 Å². The van der Waals surface area contributed by atoms with Crippen LogP contribution in [0.5, 0.6) is 0 Å². The van der Waals surface area contributed by atoms with Crippen LogP contribution >= 0.6 is 22.7 Å². The maximum Gasteiger partial charge on any atom is 0.230 e. The van der Waals surface area contributed by atoms with Crippen LogP contribution in [0.25, 0.3) is 0 Å². The Morgan fingerprint density at radius 2 is 1.45 bits per heavy atom. The largest absolute Gasteiger partial charge is 0.388 e. The minimum absolute atomic E-state index is 0.0751. The van der Waals surface area contributed by atoms with Gasteiger partial charge in [0, 0.05) is 42.5 Å². The summed E-state index contributed by atoms with van der Waals surface area (Å²) >= 11 is 3.01. The zero-order valence-corrected chi connectivity index (χ0v) is 24.2. The number of hydrogen-bond donors (Lipinski definition) is 4. The molecule has 1 aliphatic carbocycles. The molecule has 2 atom stereocenters. The Balaban J connectivity index is 1.14. The molecule has 1 aliphatic rings. The SMILES string of the molecule is CNc1cccc(CC(=O)Nc2ncc([C@H]3CCC[C@H](c4nnc(NC(=O)Cc5cccc(NC)c5)s4)C3)s2)c1. The number of thiazole rings is 1. The molecule has 5 rings (SSSR count). The molecule has 4 aromatic rings. The average molecular weight is 576 g/mol. The van der Waals surface area contributed by atoms with E-state index < -0.39 is 0 Å². The Hall–Kier alpha value is -3.83. The van der Waals surface area contributed by atoms with Crippen LogP contribution in [-0.4, -0.2) is 41.1 Å². The first-order chi connectivity index (χ1) is 19.5. The van der Waals surface area contributed by atoms with Gasteiger partial charge in [0.2, 0.25) is 16.9 Å². The summed E-state index contributed by atoms with van der Waals surface area (Å²) in [5, 5.41) is 22.9. The van der Waals surface area contributed by atoms with Crippen molar-refractivity contribution in [1.29, 1.82) is 0 Å². The van der Waals surface area contributed by atoms with Gasteiger partial charge in [0.25, 0.3) is 0 Å². The lowest BCUT2D eigenvalue weighted by molar-refractivity contribution is -0.116. The van der Waals surface area contributed by atoms with E-state index >= 15 is 0 Å². The summed E-state index contributed by atoms with van der Waals surface area (Å²) in [5.74, 6) is 0.463. The molecule has 0 unspecified atom stereocenters. The Morgan fingerprint density at radius 3 is 2.10 bits per heavy atom. The van der Waals surface area contributed by atoms with Gasteiger partial charge in [-0.2, -0.15) is 0 Å². The van der Waals surface area contributed by atoms with Gasteiger partial charge in [-0.1, -0.05) is 42.0 Å². The van der Waals surface area contributed by atoms with Crippen LogP contribution in [0.2, 0.25) is 0 Å². The fourth-order valence-corrected chi connectivity index (χ4v) is 6.91. The zero-order chi connectivity index (χ0) is 27.9. The normalized spacial score (nSPS) is 16.8. The minimum atomic E-state index is -0.105. The minimum Gasteiger partial charge on any atom is -0.388 e. The van der Waals surface area contributed by atoms with Crippen molar-refractivity contribution in [2.45, 2.75) is 50.4 Å². The van der Waals surface area contributed by atoms with Crippen molar-refractivity contribution in [2.75, 3.05) is 35.4 Å². The number of nitrogens with zero attached hydrogens (tertiary/aromatic N) is 3. The van der Waals surface area contributed by atoms with Gasteiger partial charge in [0.05, 0.1) is 12.8 Å². The summed E-state index contributed by atoms with van der Waals surface area (Å²) in [6, 6.07) is 15.6. The molecule has 1 saturated carbocycles. The highest BCUT2D eigenvalue weighted by Crippen LogP contribution is 2.44. The summed E-state index contributed by atoms with van der Waals surface area (Å²) in [5.41, 5.74) is 3.84. The second kappa shape index (κ2) is 13.0. The van der Waals surface area contributed by atoms with E-state index in [1.54, 1.807) is 11.3 Å². The smallest absolute Gasteiger partial charge is 0.230 e. The van der Waals surface area contributed by atoms with E-state index in [1.165, 1.54) is 16.2 Å². The van der Waals surface area contributed by atoms with Gasteiger partial charge in [0.1, 0.15) is 5.01 Å². The lowest BCUT2D eigenvalue weighted by atomic mass is 9.81. The van der Waals surface area contributed by atoms with Crippen LogP contribution < -0.4 is 21.3 Å². The summed E-state index contributed by atoms with van der Waals surface area (Å²) in [6.45, 7) is 0. The van der Waals surface area contributed by atoms with E-state index in [4.69, 9.17) is 0 Å². The van der Waals surface area contributed by atoms with Crippen molar-refractivity contribution in [3.63, 3.8) is 0 Å². The van der Waals surface area contributed by atoms with Crippen molar-refractivity contribution >= 4 is 56.1 Å². The number of carbonyl (C=O) groups is 2. The van der Waals surface area contributed by atoms with Crippen LogP contribution in [0, 0.1) is 0 Å². The summed E-state index contributed by atoms with van der Waals surface area (Å²) in [6.07, 6.45) is 6.63. The third kappa shape index (κ3) is 7.22. The maximum atomic E-state index is 12.6. The molecule has 2 amide bonds. The first kappa shape index (κ1) is 27.7. The van der Waals surface area contributed by atoms with E-state index in [0.717, 1.165) is 53.2 Å². The molecule has 1 fully saturated rings. The summed E-state index contributed by atoms with van der Waals surface area (Å²) < 4.78 is 0. The number of benzene rings is 2. The second-order valence-corrected chi connectivity index (χ2v) is 12.0. The quantitative estimate of drug-likeness (QED) is 0.186. The first-order valence-electron chi connectivity index (χ1n) is 13.4. The molecule has 0 bridgehead atoms. The fourth-order valence-electron chi connectivity index (χ4n) is 5.03. The Kier molecular flexibility index (Phi) is 9.02. The maximum absolute atomic E-state index is 12.6. The van der Waals surface area contributed by atoms with Gasteiger partial charge in [-0.15, -0.1) is 21.5 Å². The number of anilines is 4. The molecule has 0 spiro atoms. The molecule has 11 heteroatoms. The molecule has 2 aromatic carbocycles. The highest BCUT2D eigenvalue weighted by Gasteiger charge is 2.28. The number of aromatic nitrogens is 3. The van der Waals surface area contributed by atoms with Crippen LogP contribution in [0.4, 0.5) is 21.6 Å². The van der Waals surface area contributed by atoms with Crippen molar-refractivity contribution in [1.82, 2.24) is 15.2 Å². The van der Waals surface area contributed by atoms with Crippen LogP contribution in [0.3, 0.4) is 0 Å². The van der Waals surface area contributed by atoms with Crippen molar-refractivity contribution in [3.05, 3.63) is 75.7 Å². The molecule has 0 aliphatic heterocycles. The number of amides is 2. The first-order valence-corrected chi connectivity index (χ1v) is 15.0. The molecular weight excluding hydrogens is 543 g/mol. The molecule has 0 saturated heterocycles. The lowest BCUT2D eigenvalue weighted by Gasteiger charge is -2.26. The summed E-state index contributed by atoms with van der Waals surface area (Å²) in [4.78, 5) is 30.8. The standard InChI is InChI=1S/C29H33N7O2S2/c1-30-22-10-3-6-18(12-22)14-25(37)33-28-32-17-24(39-28)20-8-5-9-21(16-20)27-35-36-29(40-27)34-26(38)15-19-7-4-11-23(13-19)31-2/h3-4,6-7,10-13,17,20-21,30-31H,5,8-9,14-16H2,1-2H3,(H,32,33,37)(H,34,36,38)/t20-,21-/m0/s1. The monoisotopic (exact) mass is 575 g/mol. The van der Waals surface area contributed by atoms with E-state index in [1.807, 2.05) is 68.8 Å². The van der Waals surface area contributed by atoms with Gasteiger partial charge in [-0.25, -0.2) is 4.98 Å². The highest BCUT2D eigenvalue weighted by molar-refractivity contribution is 7.16. The molecule has 9 nitrogen and oxygen atoms in total. The van der Waals surface area contributed by atoms with E-state index in [2.05, 4.69) is 36.4 Å². The second-order valence-electron chi connectivity index (χ2n) is 9.92. The third-order valence-corrected chi connectivity index (χ3v) is 9.12. The highest BCUT2D eigenvalue weighted by atomic mass is 32.1. The number of hydrogen-bond acceptors (Lipinski definition) is 9. The number of nitrogens with one attached hydrogen (secondary N) is 4. The van der Waals surface area contributed by atoms with E-state index in [9.17, 15) is 9.59 Å². The Bertz CT molecular complexity index is 1360. The molecule has 4 N–H and O–H groups in total. The van der Waals surface area contributed by atoms with Crippen LogP contribution in [-0.2, 0) is 22.4 Å². The fraction of sp³-hybridized carbons (Fsp3) is 0.345. The zero-order valence-electron chi connectivity index (χ0n) is 22.6. The lowest BCUT2D eigenvalue weighted by Crippen LogP contribution is -2.14. The molecule has 2 heterocycles. The molecule has 0 radical (unpaired) electrons. The molecule has 2 aromatic heterocycles. The Morgan fingerprint density at radius 1 is 0.825 bits per heavy atom. The summed E-state index contributed by atoms with van der Waals surface area (Å²) in [7, 11) is 3.72. The van der Waals surface area contributed by atoms with Gasteiger partial charge >= 0.3 is 0 Å². The molecule has 208 valence electrons. The molecular formula is C29H33N7O2S2. The van der Waals surface area contributed by atoms with Gasteiger partial charge < -0.3 is 21.3 Å². The van der Waals surface area contributed by atoms with Gasteiger partial charge in [-0.05, 0) is 60.6 Å². The topological polar surface area (TPSA) is 121 Å². The van der Waals surface area contributed by atoms with Gasteiger partial charge in [0.15, 0.2) is 5.13 Å². The van der Waals surface area contributed by atoms with Crippen molar-refractivity contribution in [2.24, 2.45) is 0 Å². The third-order valence-electron chi connectivity index (χ3n) is 7.04. The van der Waals surface area contributed by atoms with Gasteiger partial charge in [-0.3, -0.25) is 9.59 Å². The van der Waals surface area contributed by atoms with Crippen molar-refractivity contribution < 1.29 is 9.59 Å². The number of rotatable bonds is 10. The van der Waals surface area contributed by atoms with Crippen LogP contribution in [0.1, 0.15) is 58.5 Å². The van der Waals surface area contributed by atoms with Crippen LogP contribution in [0.15, 0.2) is 54.7 Å². The Labute approximate surface area is 241 Å². The number of carbonyl (C=O) groups excluding carboxylic acids is 2. The van der Waals surface area contributed by atoms with E-state index in [0.29, 0.717) is 22.6 Å². The van der Waals surface area contributed by atoms with Crippen molar-refractivity contribution in [3.8, 4) is 0 Å². The predicted molar refractivity (Wildman–Crippen MR) is 163 cm³/mol. The molecule has 40 heavy (non-hydrogen) atoms. The average Bonchev–Trinajstić information content (AvgIpc) is 3.63.